The smallest absolute Gasteiger partial charge is 0.373 e. The summed E-state index contributed by atoms with van der Waals surface area (Å²) in [6.07, 6.45) is 1.91. The SMILES string of the molecule is COC(=O)c1ccc(Oc2ncnc(NCCc3cccs3)c2[N+](=O)[O-])cc1. The van der Waals surface area contributed by atoms with E-state index in [1.54, 1.807) is 11.3 Å². The first-order valence-corrected chi connectivity index (χ1v) is 9.08. The van der Waals surface area contributed by atoms with Crippen molar-refractivity contribution in [3.8, 4) is 11.6 Å². The number of anilines is 1. The van der Waals surface area contributed by atoms with E-state index in [1.807, 2.05) is 17.5 Å². The van der Waals surface area contributed by atoms with Gasteiger partial charge in [-0.2, -0.15) is 4.98 Å². The molecule has 0 amide bonds. The van der Waals surface area contributed by atoms with E-state index in [0.717, 1.165) is 4.88 Å². The van der Waals surface area contributed by atoms with Crippen molar-refractivity contribution < 1.29 is 19.2 Å². The minimum absolute atomic E-state index is 0.0812. The molecule has 0 atom stereocenters. The number of nitro groups is 1. The minimum atomic E-state index is -0.592. The van der Waals surface area contributed by atoms with Gasteiger partial charge in [0.15, 0.2) is 0 Å². The Kier molecular flexibility index (Phi) is 6.12. The van der Waals surface area contributed by atoms with Crippen LogP contribution in [-0.2, 0) is 11.2 Å². The number of carbonyl (C=O) groups excluding carboxylic acids is 1. The maximum atomic E-state index is 11.6. The van der Waals surface area contributed by atoms with Crippen LogP contribution in [-0.4, -0.2) is 34.5 Å². The molecule has 0 bridgehead atoms. The number of rotatable bonds is 8. The zero-order valence-electron chi connectivity index (χ0n) is 14.8. The fourth-order valence-electron chi connectivity index (χ4n) is 2.38. The quantitative estimate of drug-likeness (QED) is 0.346. The molecule has 9 nitrogen and oxygen atoms in total. The number of thiophene rings is 1. The summed E-state index contributed by atoms with van der Waals surface area (Å²) in [5.41, 5.74) is -0.0197. The van der Waals surface area contributed by atoms with Crippen LogP contribution in [0.1, 0.15) is 15.2 Å². The molecular formula is C18H16N4O5S. The summed E-state index contributed by atoms with van der Waals surface area (Å²) in [6, 6.07) is 9.94. The zero-order chi connectivity index (χ0) is 19.9. The van der Waals surface area contributed by atoms with E-state index < -0.39 is 10.9 Å². The maximum absolute atomic E-state index is 11.6. The lowest BCUT2D eigenvalue weighted by Gasteiger charge is -2.09. The van der Waals surface area contributed by atoms with Crippen molar-refractivity contribution in [2.75, 3.05) is 19.0 Å². The molecule has 2 heterocycles. The second-order valence-electron chi connectivity index (χ2n) is 5.51. The van der Waals surface area contributed by atoms with Gasteiger partial charge in [-0.05, 0) is 42.1 Å². The summed E-state index contributed by atoms with van der Waals surface area (Å²) in [5, 5.41) is 16.5. The number of hydrogen-bond donors (Lipinski definition) is 1. The summed E-state index contributed by atoms with van der Waals surface area (Å²) in [6.45, 7) is 0.478. The molecule has 0 saturated heterocycles. The van der Waals surface area contributed by atoms with E-state index in [1.165, 1.54) is 37.7 Å². The Balaban J connectivity index is 1.76. The van der Waals surface area contributed by atoms with Crippen LogP contribution in [0.3, 0.4) is 0 Å². The lowest BCUT2D eigenvalue weighted by molar-refractivity contribution is -0.385. The first-order chi connectivity index (χ1) is 13.6. The summed E-state index contributed by atoms with van der Waals surface area (Å²) in [4.78, 5) is 31.4. The van der Waals surface area contributed by atoms with E-state index >= 15 is 0 Å². The third kappa shape index (κ3) is 4.60. The molecule has 0 fully saturated rings. The largest absolute Gasteiger partial charge is 0.465 e. The summed E-state index contributed by atoms with van der Waals surface area (Å²) >= 11 is 1.61. The molecule has 0 unspecified atom stereocenters. The van der Waals surface area contributed by atoms with Crippen molar-refractivity contribution in [2.24, 2.45) is 0 Å². The van der Waals surface area contributed by atoms with E-state index in [2.05, 4.69) is 20.0 Å². The predicted octanol–water partition coefficient (Wildman–Crippen LogP) is 3.68. The van der Waals surface area contributed by atoms with Gasteiger partial charge >= 0.3 is 17.5 Å². The lowest BCUT2D eigenvalue weighted by Crippen LogP contribution is -2.09. The monoisotopic (exact) mass is 400 g/mol. The molecule has 3 aromatic rings. The van der Waals surface area contributed by atoms with Crippen LogP contribution in [0.25, 0.3) is 0 Å². The Morgan fingerprint density at radius 2 is 2.04 bits per heavy atom. The van der Waals surface area contributed by atoms with Gasteiger partial charge < -0.3 is 14.8 Å². The molecule has 0 aliphatic heterocycles. The number of aromatic nitrogens is 2. The van der Waals surface area contributed by atoms with Gasteiger partial charge in [0.2, 0.25) is 5.82 Å². The second-order valence-corrected chi connectivity index (χ2v) is 6.54. The zero-order valence-corrected chi connectivity index (χ0v) is 15.6. The Morgan fingerprint density at radius 3 is 2.68 bits per heavy atom. The van der Waals surface area contributed by atoms with Gasteiger partial charge in [-0.1, -0.05) is 6.07 Å². The number of carbonyl (C=O) groups is 1. The van der Waals surface area contributed by atoms with Crippen LogP contribution in [0, 0.1) is 10.1 Å². The normalized spacial score (nSPS) is 10.3. The van der Waals surface area contributed by atoms with Crippen molar-refractivity contribution in [2.45, 2.75) is 6.42 Å². The first-order valence-electron chi connectivity index (χ1n) is 8.20. The molecular weight excluding hydrogens is 384 g/mol. The molecule has 144 valence electrons. The van der Waals surface area contributed by atoms with Crippen molar-refractivity contribution in [1.82, 2.24) is 9.97 Å². The van der Waals surface area contributed by atoms with Crippen LogP contribution in [0.4, 0.5) is 11.5 Å². The molecule has 0 saturated carbocycles. The fourth-order valence-corrected chi connectivity index (χ4v) is 3.09. The molecule has 2 aromatic heterocycles. The van der Waals surface area contributed by atoms with Gasteiger partial charge in [0, 0.05) is 11.4 Å². The third-order valence-electron chi connectivity index (χ3n) is 3.71. The van der Waals surface area contributed by atoms with Crippen LogP contribution < -0.4 is 10.1 Å². The summed E-state index contributed by atoms with van der Waals surface area (Å²) < 4.78 is 10.2. The van der Waals surface area contributed by atoms with Crippen molar-refractivity contribution >= 4 is 28.8 Å². The molecule has 28 heavy (non-hydrogen) atoms. The number of methoxy groups -OCH3 is 1. The average molecular weight is 400 g/mol. The maximum Gasteiger partial charge on any atom is 0.373 e. The molecule has 1 N–H and O–H groups in total. The van der Waals surface area contributed by atoms with Gasteiger partial charge in [-0.15, -0.1) is 11.3 Å². The van der Waals surface area contributed by atoms with Gasteiger partial charge in [0.05, 0.1) is 17.6 Å². The molecule has 10 heteroatoms. The fraction of sp³-hybridized carbons (Fsp3) is 0.167. The Bertz CT molecular complexity index is 961. The topological polar surface area (TPSA) is 116 Å². The lowest BCUT2D eigenvalue weighted by atomic mass is 10.2. The molecule has 0 aliphatic carbocycles. The van der Waals surface area contributed by atoms with E-state index in [0.29, 0.717) is 24.3 Å². The number of hydrogen-bond acceptors (Lipinski definition) is 9. The number of esters is 1. The van der Waals surface area contributed by atoms with Gasteiger partial charge in [0.25, 0.3) is 0 Å². The van der Waals surface area contributed by atoms with Gasteiger partial charge in [-0.3, -0.25) is 10.1 Å². The van der Waals surface area contributed by atoms with E-state index in [4.69, 9.17) is 4.74 Å². The predicted molar refractivity (Wildman–Crippen MR) is 103 cm³/mol. The number of ether oxygens (including phenoxy) is 2. The number of nitrogens with zero attached hydrogens (tertiary/aromatic N) is 3. The van der Waals surface area contributed by atoms with E-state index in [9.17, 15) is 14.9 Å². The highest BCUT2D eigenvalue weighted by Crippen LogP contribution is 2.34. The Hall–Kier alpha value is -3.53. The third-order valence-corrected chi connectivity index (χ3v) is 4.64. The molecule has 3 rings (SSSR count). The highest BCUT2D eigenvalue weighted by Gasteiger charge is 2.25. The standard InChI is InChI=1S/C18H16N4O5S/c1-26-18(23)12-4-6-13(7-5-12)27-17-15(22(24)25)16(20-11-21-17)19-9-8-14-3-2-10-28-14/h2-7,10-11H,8-9H2,1H3,(H,19,20,21). The Labute approximate surface area is 164 Å². The number of benzene rings is 1. The minimum Gasteiger partial charge on any atom is -0.465 e. The van der Waals surface area contributed by atoms with Crippen LogP contribution in [0.5, 0.6) is 11.6 Å². The van der Waals surface area contributed by atoms with Crippen molar-refractivity contribution in [3.63, 3.8) is 0 Å². The first kappa shape index (κ1) is 19.2. The average Bonchev–Trinajstić information content (AvgIpc) is 3.21. The van der Waals surface area contributed by atoms with Gasteiger partial charge in [-0.25, -0.2) is 9.78 Å². The summed E-state index contributed by atoms with van der Waals surface area (Å²) in [5.74, 6) is -0.307. The highest BCUT2D eigenvalue weighted by molar-refractivity contribution is 7.09. The van der Waals surface area contributed by atoms with Crippen molar-refractivity contribution in [1.29, 1.82) is 0 Å². The van der Waals surface area contributed by atoms with Crippen LogP contribution in [0.15, 0.2) is 48.1 Å². The summed E-state index contributed by atoms with van der Waals surface area (Å²) in [7, 11) is 1.28. The molecule has 0 radical (unpaired) electrons. The van der Waals surface area contributed by atoms with Crippen LogP contribution >= 0.6 is 11.3 Å². The molecule has 0 spiro atoms. The molecule has 1 aromatic carbocycles. The van der Waals surface area contributed by atoms with Crippen molar-refractivity contribution in [3.05, 3.63) is 68.7 Å². The number of nitrogens with one attached hydrogen (secondary N) is 1. The van der Waals surface area contributed by atoms with Gasteiger partial charge in [0.1, 0.15) is 12.1 Å². The molecule has 0 aliphatic rings. The van der Waals surface area contributed by atoms with Crippen LogP contribution in [0.2, 0.25) is 0 Å². The Morgan fingerprint density at radius 1 is 1.25 bits per heavy atom. The highest BCUT2D eigenvalue weighted by atomic mass is 32.1. The van der Waals surface area contributed by atoms with E-state index in [-0.39, 0.29) is 17.4 Å². The second kappa shape index (κ2) is 8.91.